The number of pyridine rings is 1. The van der Waals surface area contributed by atoms with Crippen LogP contribution in [0.4, 0.5) is 22.1 Å². The third-order valence-electron chi connectivity index (χ3n) is 3.85. The minimum atomic E-state index is -0.544. The van der Waals surface area contributed by atoms with Gasteiger partial charge in [0.15, 0.2) is 0 Å². The molecule has 6 nitrogen and oxygen atoms in total. The Kier molecular flexibility index (Phi) is 5.63. The predicted molar refractivity (Wildman–Crippen MR) is 97.3 cm³/mol. The molecular formula is C18H24N4O2. The highest BCUT2D eigenvalue weighted by molar-refractivity contribution is 5.88. The fraction of sp³-hybridized carbons (Fsp3) is 0.333. The molecule has 0 bridgehead atoms. The molecule has 0 saturated heterocycles. The zero-order valence-electron chi connectivity index (χ0n) is 14.6. The smallest absolute Gasteiger partial charge is 0.411 e. The van der Waals surface area contributed by atoms with Crippen molar-refractivity contribution in [2.75, 3.05) is 23.0 Å². The highest BCUT2D eigenvalue weighted by atomic mass is 16.5. The van der Waals surface area contributed by atoms with Crippen LogP contribution in [0.15, 0.2) is 24.3 Å². The van der Waals surface area contributed by atoms with Crippen LogP contribution in [-0.4, -0.2) is 17.7 Å². The van der Waals surface area contributed by atoms with E-state index in [1.807, 2.05) is 0 Å². The van der Waals surface area contributed by atoms with Gasteiger partial charge >= 0.3 is 6.09 Å². The van der Waals surface area contributed by atoms with Crippen LogP contribution in [0.2, 0.25) is 0 Å². The first-order valence-electron chi connectivity index (χ1n) is 7.91. The van der Waals surface area contributed by atoms with Gasteiger partial charge in [0, 0.05) is 6.54 Å². The van der Waals surface area contributed by atoms with Crippen LogP contribution in [-0.2, 0) is 11.3 Å². The molecule has 1 aromatic heterocycles. The van der Waals surface area contributed by atoms with Crippen molar-refractivity contribution in [2.24, 2.45) is 0 Å². The van der Waals surface area contributed by atoms with Gasteiger partial charge < -0.3 is 15.8 Å². The summed E-state index contributed by atoms with van der Waals surface area (Å²) in [5.41, 5.74) is 11.3. The van der Waals surface area contributed by atoms with E-state index in [1.165, 1.54) is 22.3 Å². The minimum absolute atomic E-state index is 0.241. The number of nitrogens with two attached hydrogens (primary N) is 1. The van der Waals surface area contributed by atoms with Gasteiger partial charge in [-0.25, -0.2) is 9.78 Å². The third-order valence-corrected chi connectivity index (χ3v) is 3.85. The van der Waals surface area contributed by atoms with Crippen molar-refractivity contribution in [1.82, 2.24) is 4.98 Å². The van der Waals surface area contributed by atoms with Crippen LogP contribution >= 0.6 is 0 Å². The van der Waals surface area contributed by atoms with Gasteiger partial charge in [0.25, 0.3) is 0 Å². The second kappa shape index (κ2) is 7.68. The number of hydrogen-bond donors (Lipinski definition) is 3. The maximum atomic E-state index is 11.4. The maximum absolute atomic E-state index is 11.4. The molecule has 0 aliphatic rings. The molecular weight excluding hydrogens is 304 g/mol. The second-order valence-electron chi connectivity index (χ2n) is 5.69. The molecule has 6 heteroatoms. The highest BCUT2D eigenvalue weighted by Crippen LogP contribution is 2.20. The molecule has 1 heterocycles. The molecule has 0 aliphatic carbocycles. The summed E-state index contributed by atoms with van der Waals surface area (Å²) >= 11 is 0. The lowest BCUT2D eigenvalue weighted by molar-refractivity contribution is 0.168. The number of rotatable bonds is 5. The molecule has 1 aromatic carbocycles. The van der Waals surface area contributed by atoms with E-state index in [4.69, 9.17) is 10.5 Å². The number of anilines is 3. The van der Waals surface area contributed by atoms with Gasteiger partial charge in [-0.1, -0.05) is 12.1 Å². The summed E-state index contributed by atoms with van der Waals surface area (Å²) in [6.07, 6.45) is -0.544. The van der Waals surface area contributed by atoms with Crippen molar-refractivity contribution in [3.05, 3.63) is 46.5 Å². The zero-order chi connectivity index (χ0) is 17.7. The Bertz CT molecular complexity index is 744. The molecule has 0 aliphatic heterocycles. The fourth-order valence-corrected chi connectivity index (χ4v) is 2.35. The van der Waals surface area contributed by atoms with Gasteiger partial charge in [-0.15, -0.1) is 0 Å². The first kappa shape index (κ1) is 17.6. The normalized spacial score (nSPS) is 10.3. The molecule has 0 spiro atoms. The van der Waals surface area contributed by atoms with Crippen LogP contribution < -0.4 is 16.4 Å². The Balaban J connectivity index is 2.05. The van der Waals surface area contributed by atoms with E-state index < -0.39 is 6.09 Å². The number of carbonyl (C=O) groups excluding carboxylic acids is 1. The Morgan fingerprint density at radius 1 is 1.17 bits per heavy atom. The van der Waals surface area contributed by atoms with Crippen LogP contribution in [0, 0.1) is 20.8 Å². The summed E-state index contributed by atoms with van der Waals surface area (Å²) in [5.74, 6) is 0.893. The summed E-state index contributed by atoms with van der Waals surface area (Å²) in [4.78, 5) is 15.7. The van der Waals surface area contributed by atoms with Gasteiger partial charge in [0.05, 0.1) is 12.3 Å². The average Bonchev–Trinajstić information content (AvgIpc) is 2.52. The molecule has 0 unspecified atom stereocenters. The lowest BCUT2D eigenvalue weighted by Gasteiger charge is -2.13. The minimum Gasteiger partial charge on any atom is -0.450 e. The van der Waals surface area contributed by atoms with Gasteiger partial charge in [-0.05, 0) is 62.1 Å². The topological polar surface area (TPSA) is 89.3 Å². The van der Waals surface area contributed by atoms with Crippen molar-refractivity contribution < 1.29 is 9.53 Å². The van der Waals surface area contributed by atoms with E-state index in [0.29, 0.717) is 24.7 Å². The molecule has 2 rings (SSSR count). The van der Waals surface area contributed by atoms with E-state index in [2.05, 4.69) is 48.5 Å². The molecule has 0 atom stereocenters. The standard InChI is InChI=1S/C18H24N4O2/c1-5-24-18(23)21-15-6-7-16(22-17(15)19)20-10-14-9-12(3)11(2)8-13(14)4/h6-9H,5,10H2,1-4H3,(H,21,23)(H3,19,20,22). The molecule has 0 saturated carbocycles. The second-order valence-corrected chi connectivity index (χ2v) is 5.69. The Labute approximate surface area is 142 Å². The quantitative estimate of drug-likeness (QED) is 0.777. The number of aryl methyl sites for hydroxylation is 3. The van der Waals surface area contributed by atoms with Crippen LogP contribution in [0.25, 0.3) is 0 Å². The SMILES string of the molecule is CCOC(=O)Nc1ccc(NCc2cc(C)c(C)cc2C)nc1N. The van der Waals surface area contributed by atoms with Crippen molar-refractivity contribution >= 4 is 23.4 Å². The van der Waals surface area contributed by atoms with E-state index in [1.54, 1.807) is 19.1 Å². The maximum Gasteiger partial charge on any atom is 0.411 e. The Morgan fingerprint density at radius 2 is 1.88 bits per heavy atom. The first-order chi connectivity index (χ1) is 11.4. The summed E-state index contributed by atoms with van der Waals surface area (Å²) in [6.45, 7) is 9.00. The van der Waals surface area contributed by atoms with Crippen molar-refractivity contribution in [1.29, 1.82) is 0 Å². The number of nitrogen functional groups attached to an aromatic ring is 1. The third kappa shape index (κ3) is 4.38. The number of hydrogen-bond acceptors (Lipinski definition) is 5. The lowest BCUT2D eigenvalue weighted by atomic mass is 10.0. The molecule has 1 amide bonds. The fourth-order valence-electron chi connectivity index (χ4n) is 2.35. The number of carbonyl (C=O) groups is 1. The molecule has 0 radical (unpaired) electrons. The van der Waals surface area contributed by atoms with Crippen LogP contribution in [0.5, 0.6) is 0 Å². The number of nitrogens with one attached hydrogen (secondary N) is 2. The van der Waals surface area contributed by atoms with Crippen molar-refractivity contribution in [3.63, 3.8) is 0 Å². The lowest BCUT2D eigenvalue weighted by Crippen LogP contribution is -2.15. The number of ether oxygens (including phenoxy) is 1. The monoisotopic (exact) mass is 328 g/mol. The number of amides is 1. The number of benzene rings is 1. The largest absolute Gasteiger partial charge is 0.450 e. The van der Waals surface area contributed by atoms with Gasteiger partial charge in [0.2, 0.25) is 0 Å². The molecule has 4 N–H and O–H groups in total. The van der Waals surface area contributed by atoms with Crippen LogP contribution in [0.1, 0.15) is 29.2 Å². The zero-order valence-corrected chi connectivity index (χ0v) is 14.6. The predicted octanol–water partition coefficient (Wildman–Crippen LogP) is 3.77. The molecule has 0 fully saturated rings. The average molecular weight is 328 g/mol. The summed E-state index contributed by atoms with van der Waals surface area (Å²) in [7, 11) is 0. The number of nitrogens with zero attached hydrogens (tertiary/aromatic N) is 1. The number of aromatic nitrogens is 1. The van der Waals surface area contributed by atoms with E-state index in [9.17, 15) is 4.79 Å². The first-order valence-corrected chi connectivity index (χ1v) is 7.91. The van der Waals surface area contributed by atoms with E-state index >= 15 is 0 Å². The highest BCUT2D eigenvalue weighted by Gasteiger charge is 2.08. The van der Waals surface area contributed by atoms with E-state index in [0.717, 1.165) is 0 Å². The molecule has 128 valence electrons. The van der Waals surface area contributed by atoms with Crippen LogP contribution in [0.3, 0.4) is 0 Å². The van der Waals surface area contributed by atoms with E-state index in [-0.39, 0.29) is 5.82 Å². The summed E-state index contributed by atoms with van der Waals surface area (Å²) in [5, 5.41) is 5.82. The Hall–Kier alpha value is -2.76. The van der Waals surface area contributed by atoms with Gasteiger partial charge in [0.1, 0.15) is 11.6 Å². The summed E-state index contributed by atoms with van der Waals surface area (Å²) < 4.78 is 4.82. The summed E-state index contributed by atoms with van der Waals surface area (Å²) in [6, 6.07) is 7.83. The van der Waals surface area contributed by atoms with Crippen molar-refractivity contribution in [2.45, 2.75) is 34.2 Å². The molecule has 2 aromatic rings. The Morgan fingerprint density at radius 3 is 2.54 bits per heavy atom. The molecule has 24 heavy (non-hydrogen) atoms. The van der Waals surface area contributed by atoms with Crippen molar-refractivity contribution in [3.8, 4) is 0 Å². The van der Waals surface area contributed by atoms with Gasteiger partial charge in [-0.3, -0.25) is 5.32 Å². The van der Waals surface area contributed by atoms with Gasteiger partial charge in [-0.2, -0.15) is 0 Å².